The van der Waals surface area contributed by atoms with E-state index in [9.17, 15) is 19.8 Å². The van der Waals surface area contributed by atoms with Gasteiger partial charge in [0.25, 0.3) is 0 Å². The molecule has 6 fully saturated rings. The van der Waals surface area contributed by atoms with Crippen molar-refractivity contribution in [3.8, 4) is 0 Å². The SMILES string of the molecule is CNC(=O)C1CCCC(C2CCCC(CN3O[C@@H](CN)[C@H]([C@H](C)O)[C@H]3C(=O)N[C@H]3C[C@H]4C[C@@H]([C@@H]3C)C4(C)C)C2OC)C1O. The van der Waals surface area contributed by atoms with Gasteiger partial charge in [0.2, 0.25) is 11.8 Å². The van der Waals surface area contributed by atoms with Crippen molar-refractivity contribution in [3.63, 3.8) is 0 Å². The van der Waals surface area contributed by atoms with E-state index in [1.165, 1.54) is 6.42 Å². The second-order valence-electron chi connectivity index (χ2n) is 15.2. The Bertz CT molecular complexity index is 994. The first-order valence-electron chi connectivity index (χ1n) is 17.0. The lowest BCUT2D eigenvalue weighted by Gasteiger charge is -2.62. The molecule has 6 aliphatic rings. The van der Waals surface area contributed by atoms with Crippen LogP contribution in [-0.4, -0.2) is 90.8 Å². The monoisotopic (exact) mass is 606 g/mol. The zero-order valence-electron chi connectivity index (χ0n) is 27.2. The maximum Gasteiger partial charge on any atom is 0.240 e. The number of amides is 2. The van der Waals surface area contributed by atoms with E-state index in [1.54, 1.807) is 26.1 Å². The largest absolute Gasteiger partial charge is 0.393 e. The maximum atomic E-state index is 14.1. The Morgan fingerprint density at radius 3 is 2.42 bits per heavy atom. The zero-order valence-corrected chi connectivity index (χ0v) is 27.2. The Labute approximate surface area is 258 Å². The Hall–Kier alpha value is -1.30. The van der Waals surface area contributed by atoms with E-state index in [1.807, 2.05) is 0 Å². The molecule has 10 nitrogen and oxygen atoms in total. The lowest BCUT2D eigenvalue weighted by molar-refractivity contribution is -0.188. The number of ether oxygens (including phenoxy) is 1. The summed E-state index contributed by atoms with van der Waals surface area (Å²) in [6, 6.07) is -0.535. The quantitative estimate of drug-likeness (QED) is 0.268. The molecule has 10 heteroatoms. The van der Waals surface area contributed by atoms with Gasteiger partial charge in [0.05, 0.1) is 30.3 Å². The van der Waals surface area contributed by atoms with Gasteiger partial charge in [-0.25, -0.2) is 0 Å². The van der Waals surface area contributed by atoms with Gasteiger partial charge in [0.15, 0.2) is 0 Å². The lowest BCUT2D eigenvalue weighted by atomic mass is 9.45. The molecule has 0 spiro atoms. The summed E-state index contributed by atoms with van der Waals surface area (Å²) in [7, 11) is 3.36. The molecule has 0 radical (unpaired) electrons. The number of hydrogen-bond donors (Lipinski definition) is 5. The van der Waals surface area contributed by atoms with E-state index in [0.717, 1.165) is 38.5 Å². The van der Waals surface area contributed by atoms with Crippen LogP contribution in [-0.2, 0) is 19.2 Å². The Morgan fingerprint density at radius 1 is 1.12 bits per heavy atom. The number of nitrogens with zero attached hydrogens (tertiary/aromatic N) is 1. The van der Waals surface area contributed by atoms with Crippen LogP contribution in [0.5, 0.6) is 0 Å². The number of methoxy groups -OCH3 is 1. The van der Waals surface area contributed by atoms with Crippen molar-refractivity contribution in [1.82, 2.24) is 15.7 Å². The topological polar surface area (TPSA) is 146 Å². The number of rotatable bonds is 9. The van der Waals surface area contributed by atoms with E-state index < -0.39 is 36.2 Å². The number of hydrogen-bond acceptors (Lipinski definition) is 8. The number of hydroxylamine groups is 2. The van der Waals surface area contributed by atoms with E-state index >= 15 is 0 Å². The molecule has 5 saturated carbocycles. The van der Waals surface area contributed by atoms with Crippen molar-refractivity contribution in [2.75, 3.05) is 27.2 Å². The van der Waals surface area contributed by atoms with Crippen molar-refractivity contribution in [2.45, 2.75) is 116 Å². The van der Waals surface area contributed by atoms with Crippen LogP contribution in [0.4, 0.5) is 0 Å². The van der Waals surface area contributed by atoms with Gasteiger partial charge in [-0.2, -0.15) is 5.06 Å². The van der Waals surface area contributed by atoms with Gasteiger partial charge < -0.3 is 31.3 Å². The van der Waals surface area contributed by atoms with Crippen LogP contribution in [0.2, 0.25) is 0 Å². The molecule has 246 valence electrons. The number of aliphatic hydroxyl groups is 2. The van der Waals surface area contributed by atoms with E-state index in [4.69, 9.17) is 15.3 Å². The van der Waals surface area contributed by atoms with Crippen molar-refractivity contribution in [2.24, 2.45) is 58.5 Å². The molecule has 6 N–H and O–H groups in total. The van der Waals surface area contributed by atoms with Crippen LogP contribution in [0.1, 0.15) is 79.1 Å². The molecular weight excluding hydrogens is 548 g/mol. The lowest BCUT2D eigenvalue weighted by Crippen LogP contribution is -2.62. The van der Waals surface area contributed by atoms with Crippen LogP contribution in [0.3, 0.4) is 0 Å². The van der Waals surface area contributed by atoms with Gasteiger partial charge in [-0.3, -0.25) is 14.4 Å². The van der Waals surface area contributed by atoms with Crippen molar-refractivity contribution >= 4 is 11.8 Å². The normalized spacial score (nSPS) is 45.2. The molecule has 2 amide bonds. The third-order valence-corrected chi connectivity index (χ3v) is 12.8. The van der Waals surface area contributed by atoms with Gasteiger partial charge in [0.1, 0.15) is 6.04 Å². The number of nitrogens with one attached hydrogen (secondary N) is 2. The minimum Gasteiger partial charge on any atom is -0.393 e. The molecule has 6 unspecified atom stereocenters. The third kappa shape index (κ3) is 6.01. The molecule has 1 heterocycles. The minimum atomic E-state index is -0.762. The van der Waals surface area contributed by atoms with Crippen LogP contribution in [0.25, 0.3) is 0 Å². The summed E-state index contributed by atoms with van der Waals surface area (Å²) >= 11 is 0. The van der Waals surface area contributed by atoms with Crippen molar-refractivity contribution in [1.29, 1.82) is 0 Å². The van der Waals surface area contributed by atoms with Crippen LogP contribution >= 0.6 is 0 Å². The number of aliphatic hydroxyl groups excluding tert-OH is 2. The highest BCUT2D eigenvalue weighted by Gasteiger charge is 2.58. The molecule has 0 aromatic carbocycles. The molecule has 0 aromatic rings. The van der Waals surface area contributed by atoms with Crippen LogP contribution in [0.15, 0.2) is 0 Å². The van der Waals surface area contributed by atoms with Crippen molar-refractivity contribution in [3.05, 3.63) is 0 Å². The van der Waals surface area contributed by atoms with E-state index in [0.29, 0.717) is 36.1 Å². The fraction of sp³-hybridized carbons (Fsp3) is 0.939. The highest BCUT2D eigenvalue weighted by atomic mass is 16.7. The molecule has 5 aliphatic carbocycles. The Morgan fingerprint density at radius 2 is 1.81 bits per heavy atom. The highest BCUT2D eigenvalue weighted by molar-refractivity contribution is 5.83. The van der Waals surface area contributed by atoms with Crippen LogP contribution < -0.4 is 16.4 Å². The number of carbonyl (C=O) groups is 2. The molecule has 6 rings (SSSR count). The first kappa shape index (κ1) is 33.1. The fourth-order valence-corrected chi connectivity index (χ4v) is 10.2. The fourth-order valence-electron chi connectivity index (χ4n) is 10.2. The predicted octanol–water partition coefficient (Wildman–Crippen LogP) is 2.07. The molecule has 2 bridgehead atoms. The van der Waals surface area contributed by atoms with Crippen LogP contribution in [0, 0.1) is 52.8 Å². The molecular formula is C33H58N4O6. The van der Waals surface area contributed by atoms with Gasteiger partial charge >= 0.3 is 0 Å². The summed E-state index contributed by atoms with van der Waals surface area (Å²) in [4.78, 5) is 33.0. The zero-order chi connectivity index (χ0) is 31.2. The van der Waals surface area contributed by atoms with E-state index in [-0.39, 0.29) is 48.3 Å². The highest BCUT2D eigenvalue weighted by Crippen LogP contribution is 2.61. The Kier molecular flexibility index (Phi) is 10.2. The summed E-state index contributed by atoms with van der Waals surface area (Å²) < 4.78 is 6.18. The third-order valence-electron chi connectivity index (χ3n) is 12.8. The summed E-state index contributed by atoms with van der Waals surface area (Å²) in [5.74, 6) is 0.766. The standard InChI is InChI=1S/C33H58N4O6/c1-17-24-13-20(33(24,3)4)14-25(17)36-32(41)28-27(18(2)38)26(15-34)43-37(28)16-19-9-7-11-22(30(19)42-6)21-10-8-12-23(29(21)39)31(40)35-5/h17-30,38-39H,7-16,34H2,1-6H3,(H,35,40)(H,36,41)/t17-,18-,19?,20+,21?,22?,23?,24-,25-,26-,27-,28-,29?,30?/m0/s1. The summed E-state index contributed by atoms with van der Waals surface area (Å²) in [6.45, 7) is 9.40. The average Bonchev–Trinajstić information content (AvgIpc) is 3.36. The first-order valence-corrected chi connectivity index (χ1v) is 17.0. The number of fused-ring (bicyclic) bond motifs is 2. The van der Waals surface area contributed by atoms with E-state index in [2.05, 4.69) is 31.4 Å². The average molecular weight is 607 g/mol. The molecule has 1 aliphatic heterocycles. The molecule has 43 heavy (non-hydrogen) atoms. The van der Waals surface area contributed by atoms with Gasteiger partial charge in [-0.15, -0.1) is 0 Å². The number of nitrogens with two attached hydrogens (primary N) is 1. The molecule has 0 aromatic heterocycles. The molecule has 14 atom stereocenters. The summed E-state index contributed by atoms with van der Waals surface area (Å²) in [5.41, 5.74) is 6.47. The second-order valence-corrected chi connectivity index (χ2v) is 15.2. The molecule has 1 saturated heterocycles. The summed E-state index contributed by atoms with van der Waals surface area (Å²) in [5, 5.41) is 30.1. The predicted molar refractivity (Wildman–Crippen MR) is 163 cm³/mol. The van der Waals surface area contributed by atoms with Crippen molar-refractivity contribution < 1.29 is 29.4 Å². The minimum absolute atomic E-state index is 0.0205. The maximum absolute atomic E-state index is 14.1. The van der Waals surface area contributed by atoms with Gasteiger partial charge in [0, 0.05) is 45.1 Å². The van der Waals surface area contributed by atoms with Gasteiger partial charge in [-0.05, 0) is 80.5 Å². The van der Waals surface area contributed by atoms with Gasteiger partial charge in [-0.1, -0.05) is 33.6 Å². The first-order chi connectivity index (χ1) is 20.4. The second kappa shape index (κ2) is 13.2. The number of carbonyl (C=O) groups excluding carboxylic acids is 2. The summed E-state index contributed by atoms with van der Waals surface area (Å²) in [6.07, 6.45) is 5.46. The smallest absolute Gasteiger partial charge is 0.240 e. The Balaban J connectivity index is 1.33.